The van der Waals surface area contributed by atoms with Crippen LogP contribution in [0.1, 0.15) is 34.6 Å². The van der Waals surface area contributed by atoms with Crippen molar-refractivity contribution in [2.75, 3.05) is 31.5 Å². The maximum atomic E-state index is 13.0. The molecule has 1 atom stereocenters. The lowest BCUT2D eigenvalue weighted by Gasteiger charge is -2.34. The summed E-state index contributed by atoms with van der Waals surface area (Å²) in [6, 6.07) is 5.88. The summed E-state index contributed by atoms with van der Waals surface area (Å²) in [6.07, 6.45) is 0.206. The number of benzene rings is 1. The van der Waals surface area contributed by atoms with Crippen LogP contribution in [0, 0.1) is 13.8 Å². The van der Waals surface area contributed by atoms with Gasteiger partial charge in [-0.2, -0.15) is 9.40 Å². The van der Waals surface area contributed by atoms with Gasteiger partial charge in [0, 0.05) is 32.6 Å². The Bertz CT molecular complexity index is 1180. The van der Waals surface area contributed by atoms with Crippen molar-refractivity contribution in [2.24, 2.45) is 0 Å². The number of H-pyrrole nitrogens is 1. The summed E-state index contributed by atoms with van der Waals surface area (Å²) in [5.74, 6) is -0.931. The van der Waals surface area contributed by atoms with Gasteiger partial charge in [-0.05, 0) is 32.4 Å². The van der Waals surface area contributed by atoms with Crippen molar-refractivity contribution in [3.05, 3.63) is 41.2 Å². The molecule has 3 amide bonds. The van der Waals surface area contributed by atoms with Crippen LogP contribution < -0.4 is 10.6 Å². The average molecular weight is 475 g/mol. The molecular formula is C21H26N6O5S. The molecule has 12 heteroatoms. The molecular weight excluding hydrogens is 448 g/mol. The number of sulfonamides is 1. The number of nitrogens with one attached hydrogen (secondary N) is 3. The second-order valence-corrected chi connectivity index (χ2v) is 10.0. The van der Waals surface area contributed by atoms with Gasteiger partial charge in [0.2, 0.25) is 21.8 Å². The van der Waals surface area contributed by atoms with Crippen molar-refractivity contribution in [1.82, 2.24) is 24.7 Å². The van der Waals surface area contributed by atoms with E-state index in [0.717, 1.165) is 0 Å². The standard InChI is InChI=1S/C21H26N6O5S/c1-13-19(14(2)25-24-13)33(31,32)27-11-9-26(10-12-27)18(28)8-7-17-21(30)22-16-6-4-3-5-15(16)20(29)23-17/h3-6,17H,7-12H2,1-2H3,(H,22,30)(H,23,29)(H,24,25)/t17-/m0/s1. The zero-order valence-corrected chi connectivity index (χ0v) is 19.2. The summed E-state index contributed by atoms with van der Waals surface area (Å²) in [6.45, 7) is 4.15. The number of fused-ring (bicyclic) bond motifs is 1. The summed E-state index contributed by atoms with van der Waals surface area (Å²) < 4.78 is 27.3. The molecule has 2 aromatic rings. The molecule has 1 aromatic heterocycles. The van der Waals surface area contributed by atoms with Crippen molar-refractivity contribution >= 4 is 33.4 Å². The molecule has 0 spiro atoms. The number of carbonyl (C=O) groups excluding carboxylic acids is 3. The third-order valence-electron chi connectivity index (χ3n) is 5.95. The summed E-state index contributed by atoms with van der Waals surface area (Å²) in [5.41, 5.74) is 1.71. The Morgan fingerprint density at radius 1 is 1.12 bits per heavy atom. The number of aryl methyl sites for hydroxylation is 2. The SMILES string of the molecule is Cc1n[nH]c(C)c1S(=O)(=O)N1CCN(C(=O)CC[C@@H]2NC(=O)c3ccccc3NC2=O)CC1. The number of nitrogens with zero attached hydrogens (tertiary/aromatic N) is 3. The van der Waals surface area contributed by atoms with Crippen LogP contribution >= 0.6 is 0 Å². The third-order valence-corrected chi connectivity index (χ3v) is 8.11. The lowest BCUT2D eigenvalue weighted by molar-refractivity contribution is -0.132. The largest absolute Gasteiger partial charge is 0.340 e. The molecule has 0 aliphatic carbocycles. The van der Waals surface area contributed by atoms with Gasteiger partial charge in [0.05, 0.1) is 22.6 Å². The number of aromatic nitrogens is 2. The van der Waals surface area contributed by atoms with E-state index in [1.165, 1.54) is 4.31 Å². The van der Waals surface area contributed by atoms with Gasteiger partial charge in [-0.3, -0.25) is 19.5 Å². The fourth-order valence-corrected chi connectivity index (χ4v) is 5.92. The molecule has 0 bridgehead atoms. The quantitative estimate of drug-likeness (QED) is 0.572. The Balaban J connectivity index is 1.33. The van der Waals surface area contributed by atoms with Crippen LogP contribution in [-0.2, 0) is 19.6 Å². The molecule has 2 aliphatic heterocycles. The van der Waals surface area contributed by atoms with Crippen LogP contribution in [0.2, 0.25) is 0 Å². The predicted molar refractivity (Wildman–Crippen MR) is 119 cm³/mol. The number of anilines is 1. The van der Waals surface area contributed by atoms with E-state index in [-0.39, 0.29) is 61.6 Å². The maximum Gasteiger partial charge on any atom is 0.254 e. The van der Waals surface area contributed by atoms with Crippen LogP contribution in [0.3, 0.4) is 0 Å². The van der Waals surface area contributed by atoms with E-state index >= 15 is 0 Å². The predicted octanol–water partition coefficient (Wildman–Crippen LogP) is 0.390. The van der Waals surface area contributed by atoms with Gasteiger partial charge in [0.25, 0.3) is 5.91 Å². The van der Waals surface area contributed by atoms with Crippen molar-refractivity contribution in [3.63, 3.8) is 0 Å². The maximum absolute atomic E-state index is 13.0. The molecule has 2 aliphatic rings. The van der Waals surface area contributed by atoms with Crippen LogP contribution in [0.5, 0.6) is 0 Å². The normalized spacial score (nSPS) is 19.5. The number of amides is 3. The molecule has 33 heavy (non-hydrogen) atoms. The van der Waals surface area contributed by atoms with Gasteiger partial charge in [0.15, 0.2) is 0 Å². The van der Waals surface area contributed by atoms with Gasteiger partial charge in [-0.15, -0.1) is 0 Å². The molecule has 1 aromatic carbocycles. The van der Waals surface area contributed by atoms with Crippen molar-refractivity contribution in [1.29, 1.82) is 0 Å². The van der Waals surface area contributed by atoms with E-state index in [4.69, 9.17) is 0 Å². The summed E-state index contributed by atoms with van der Waals surface area (Å²) in [4.78, 5) is 39.4. The van der Waals surface area contributed by atoms with Crippen LogP contribution in [0.25, 0.3) is 0 Å². The third kappa shape index (κ3) is 4.48. The Kier molecular flexibility index (Phi) is 6.21. The fraction of sp³-hybridized carbons (Fsp3) is 0.429. The highest BCUT2D eigenvalue weighted by molar-refractivity contribution is 7.89. The highest BCUT2D eigenvalue weighted by Crippen LogP contribution is 2.23. The Morgan fingerprint density at radius 2 is 1.82 bits per heavy atom. The van der Waals surface area contributed by atoms with E-state index in [2.05, 4.69) is 20.8 Å². The van der Waals surface area contributed by atoms with E-state index in [1.807, 2.05) is 0 Å². The van der Waals surface area contributed by atoms with Crippen LogP contribution in [0.15, 0.2) is 29.2 Å². The van der Waals surface area contributed by atoms with E-state index in [9.17, 15) is 22.8 Å². The molecule has 0 saturated carbocycles. The zero-order chi connectivity index (χ0) is 23.8. The van der Waals surface area contributed by atoms with Gasteiger partial charge in [-0.1, -0.05) is 12.1 Å². The minimum atomic E-state index is -3.70. The van der Waals surface area contributed by atoms with Gasteiger partial charge >= 0.3 is 0 Å². The molecule has 4 rings (SSSR count). The first-order chi connectivity index (χ1) is 15.7. The van der Waals surface area contributed by atoms with Gasteiger partial charge in [-0.25, -0.2) is 8.42 Å². The monoisotopic (exact) mass is 474 g/mol. The summed E-state index contributed by atoms with van der Waals surface area (Å²) in [5, 5.41) is 12.1. The number of carbonyl (C=O) groups is 3. The molecule has 1 fully saturated rings. The van der Waals surface area contributed by atoms with E-state index in [1.54, 1.807) is 43.0 Å². The Hall–Kier alpha value is -3.25. The van der Waals surface area contributed by atoms with E-state index in [0.29, 0.717) is 22.6 Å². The minimum absolute atomic E-state index is 0.0570. The number of piperazine rings is 1. The number of hydrogen-bond donors (Lipinski definition) is 3. The van der Waals surface area contributed by atoms with Crippen LogP contribution in [0.4, 0.5) is 5.69 Å². The number of hydrogen-bond acceptors (Lipinski definition) is 6. The topological polar surface area (TPSA) is 145 Å². The summed E-state index contributed by atoms with van der Waals surface area (Å²) in [7, 11) is -3.70. The fourth-order valence-electron chi connectivity index (χ4n) is 4.17. The van der Waals surface area contributed by atoms with Crippen molar-refractivity contribution in [2.45, 2.75) is 37.6 Å². The molecule has 1 saturated heterocycles. The second kappa shape index (κ2) is 8.94. The van der Waals surface area contributed by atoms with E-state index < -0.39 is 16.1 Å². The highest BCUT2D eigenvalue weighted by Gasteiger charge is 2.34. The first kappa shape index (κ1) is 22.9. The Morgan fingerprint density at radius 3 is 2.48 bits per heavy atom. The molecule has 3 heterocycles. The number of aromatic amines is 1. The van der Waals surface area contributed by atoms with Crippen molar-refractivity contribution in [3.8, 4) is 0 Å². The molecule has 0 unspecified atom stereocenters. The molecule has 11 nitrogen and oxygen atoms in total. The Labute approximate surface area is 191 Å². The molecule has 176 valence electrons. The van der Waals surface area contributed by atoms with Crippen LogP contribution in [-0.4, -0.2) is 77.8 Å². The first-order valence-electron chi connectivity index (χ1n) is 10.7. The highest BCUT2D eigenvalue weighted by atomic mass is 32.2. The average Bonchev–Trinajstić information content (AvgIpc) is 3.08. The van der Waals surface area contributed by atoms with Gasteiger partial charge < -0.3 is 15.5 Å². The number of rotatable bonds is 5. The molecule has 3 N–H and O–H groups in total. The lowest BCUT2D eigenvalue weighted by Crippen LogP contribution is -2.51. The number of para-hydroxylation sites is 1. The first-order valence-corrected chi connectivity index (χ1v) is 12.1. The van der Waals surface area contributed by atoms with Crippen molar-refractivity contribution < 1.29 is 22.8 Å². The lowest BCUT2D eigenvalue weighted by atomic mass is 10.1. The molecule has 0 radical (unpaired) electrons. The second-order valence-electron chi connectivity index (χ2n) is 8.15. The minimum Gasteiger partial charge on any atom is -0.340 e. The summed E-state index contributed by atoms with van der Waals surface area (Å²) >= 11 is 0. The smallest absolute Gasteiger partial charge is 0.254 e. The van der Waals surface area contributed by atoms with Gasteiger partial charge in [0.1, 0.15) is 10.9 Å². The zero-order valence-electron chi connectivity index (χ0n) is 18.4.